The molecule has 4 nitrogen and oxygen atoms in total. The molecule has 1 aliphatic heterocycles. The van der Waals surface area contributed by atoms with Crippen molar-refractivity contribution in [2.24, 2.45) is 0 Å². The highest BCUT2D eigenvalue weighted by molar-refractivity contribution is 5.33. The van der Waals surface area contributed by atoms with E-state index in [2.05, 4.69) is 24.3 Å². The van der Waals surface area contributed by atoms with Gasteiger partial charge in [-0.15, -0.1) is 0 Å². The van der Waals surface area contributed by atoms with E-state index in [9.17, 15) is 0 Å². The Balaban J connectivity index is 2.17. The van der Waals surface area contributed by atoms with Crippen LogP contribution in [0, 0.1) is 0 Å². The van der Waals surface area contributed by atoms with Crippen molar-refractivity contribution in [3.05, 3.63) is 11.8 Å². The molecule has 0 unspecified atom stereocenters. The molecule has 15 heavy (non-hydrogen) atoms. The largest absolute Gasteiger partial charge is 0.384 e. The summed E-state index contributed by atoms with van der Waals surface area (Å²) in [6.07, 6.45) is 2.35. The number of nitrogens with zero attached hydrogens (tertiary/aromatic N) is 2. The minimum absolute atomic E-state index is 0.348. The van der Waals surface area contributed by atoms with Crippen LogP contribution in [0.1, 0.15) is 44.3 Å². The zero-order chi connectivity index (χ0) is 10.8. The van der Waals surface area contributed by atoms with Gasteiger partial charge in [0.15, 0.2) is 0 Å². The lowest BCUT2D eigenvalue weighted by Crippen LogP contribution is -2.26. The third kappa shape index (κ3) is 2.15. The number of nitrogens with one attached hydrogen (secondary N) is 1. The first-order chi connectivity index (χ1) is 7.18. The molecule has 1 aromatic rings. The highest BCUT2D eigenvalue weighted by Gasteiger charge is 2.19. The summed E-state index contributed by atoms with van der Waals surface area (Å²) in [5.41, 5.74) is 7.10. The molecule has 0 saturated carbocycles. The molecule has 0 amide bonds. The van der Waals surface area contributed by atoms with E-state index in [0.717, 1.165) is 18.9 Å². The SMILES string of the molecule is CC(C)n1nc(C2CCNCC2)cc1N. The first kappa shape index (κ1) is 10.5. The highest BCUT2D eigenvalue weighted by Crippen LogP contribution is 2.26. The van der Waals surface area contributed by atoms with E-state index in [-0.39, 0.29) is 0 Å². The second-order valence-electron chi connectivity index (χ2n) is 4.56. The Morgan fingerprint density at radius 2 is 2.13 bits per heavy atom. The van der Waals surface area contributed by atoms with Crippen molar-refractivity contribution in [1.29, 1.82) is 0 Å². The van der Waals surface area contributed by atoms with E-state index in [0.29, 0.717) is 12.0 Å². The fourth-order valence-corrected chi connectivity index (χ4v) is 2.16. The van der Waals surface area contributed by atoms with E-state index in [1.54, 1.807) is 0 Å². The third-order valence-corrected chi connectivity index (χ3v) is 3.03. The van der Waals surface area contributed by atoms with Crippen LogP contribution in [0.15, 0.2) is 6.07 Å². The van der Waals surface area contributed by atoms with Gasteiger partial charge >= 0.3 is 0 Å². The molecular weight excluding hydrogens is 188 g/mol. The molecule has 0 atom stereocenters. The van der Waals surface area contributed by atoms with Crippen LogP contribution in [0.25, 0.3) is 0 Å². The smallest absolute Gasteiger partial charge is 0.122 e. The lowest BCUT2D eigenvalue weighted by Gasteiger charge is -2.20. The van der Waals surface area contributed by atoms with Crippen LogP contribution in [0.4, 0.5) is 5.82 Å². The molecule has 84 valence electrons. The Bertz CT molecular complexity index is 323. The van der Waals surface area contributed by atoms with Crippen molar-refractivity contribution in [3.63, 3.8) is 0 Å². The minimum Gasteiger partial charge on any atom is -0.384 e. The molecule has 0 bridgehead atoms. The van der Waals surface area contributed by atoms with Crippen molar-refractivity contribution in [1.82, 2.24) is 15.1 Å². The van der Waals surface area contributed by atoms with Crippen LogP contribution in [0.3, 0.4) is 0 Å². The number of nitrogens with two attached hydrogens (primary N) is 1. The summed E-state index contributed by atoms with van der Waals surface area (Å²) in [6, 6.07) is 2.39. The molecule has 1 aromatic heterocycles. The van der Waals surface area contributed by atoms with Crippen molar-refractivity contribution < 1.29 is 0 Å². The van der Waals surface area contributed by atoms with E-state index in [1.807, 2.05) is 10.7 Å². The maximum atomic E-state index is 5.93. The number of hydrogen-bond donors (Lipinski definition) is 2. The summed E-state index contributed by atoms with van der Waals surface area (Å²) in [4.78, 5) is 0. The molecule has 0 aromatic carbocycles. The molecule has 0 radical (unpaired) electrons. The van der Waals surface area contributed by atoms with E-state index < -0.39 is 0 Å². The standard InChI is InChI=1S/C11H20N4/c1-8(2)15-11(12)7-10(14-15)9-3-5-13-6-4-9/h7-9,13H,3-6,12H2,1-2H3. The maximum absolute atomic E-state index is 5.93. The molecule has 1 fully saturated rings. The van der Waals surface area contributed by atoms with E-state index in [4.69, 9.17) is 5.73 Å². The zero-order valence-electron chi connectivity index (χ0n) is 9.53. The third-order valence-electron chi connectivity index (χ3n) is 3.03. The number of nitrogen functional groups attached to an aromatic ring is 1. The summed E-state index contributed by atoms with van der Waals surface area (Å²) >= 11 is 0. The molecular formula is C11H20N4. The topological polar surface area (TPSA) is 55.9 Å². The summed E-state index contributed by atoms with van der Waals surface area (Å²) in [5, 5.41) is 7.96. The van der Waals surface area contributed by atoms with E-state index >= 15 is 0 Å². The average molecular weight is 208 g/mol. The van der Waals surface area contributed by atoms with Gasteiger partial charge in [0.2, 0.25) is 0 Å². The van der Waals surface area contributed by atoms with Gasteiger partial charge in [0.1, 0.15) is 5.82 Å². The first-order valence-electron chi connectivity index (χ1n) is 5.74. The highest BCUT2D eigenvalue weighted by atomic mass is 15.3. The summed E-state index contributed by atoms with van der Waals surface area (Å²) in [6.45, 7) is 6.41. The van der Waals surface area contributed by atoms with Gasteiger partial charge in [-0.2, -0.15) is 5.10 Å². The van der Waals surface area contributed by atoms with Gasteiger partial charge in [-0.1, -0.05) is 0 Å². The van der Waals surface area contributed by atoms with Crippen molar-refractivity contribution in [3.8, 4) is 0 Å². The van der Waals surface area contributed by atoms with Crippen molar-refractivity contribution in [2.75, 3.05) is 18.8 Å². The Morgan fingerprint density at radius 1 is 1.47 bits per heavy atom. The summed E-state index contributed by atoms with van der Waals surface area (Å²) in [5.74, 6) is 1.38. The van der Waals surface area contributed by atoms with Crippen LogP contribution in [0.5, 0.6) is 0 Å². The van der Waals surface area contributed by atoms with Gasteiger partial charge in [0.25, 0.3) is 0 Å². The maximum Gasteiger partial charge on any atom is 0.122 e. The lowest BCUT2D eigenvalue weighted by molar-refractivity contribution is 0.442. The number of hydrogen-bond acceptors (Lipinski definition) is 3. The Hall–Kier alpha value is -1.03. The van der Waals surface area contributed by atoms with Crippen molar-refractivity contribution >= 4 is 5.82 Å². The van der Waals surface area contributed by atoms with Crippen LogP contribution in [0.2, 0.25) is 0 Å². The van der Waals surface area contributed by atoms with E-state index in [1.165, 1.54) is 18.5 Å². The normalized spacial score (nSPS) is 18.6. The molecule has 0 spiro atoms. The molecule has 0 aliphatic carbocycles. The Morgan fingerprint density at radius 3 is 2.67 bits per heavy atom. The number of piperidine rings is 1. The van der Waals surface area contributed by atoms with Crippen molar-refractivity contribution in [2.45, 2.75) is 38.6 Å². The minimum atomic E-state index is 0.348. The monoisotopic (exact) mass is 208 g/mol. The second kappa shape index (κ2) is 4.23. The Kier molecular flexibility index (Phi) is 2.95. The van der Waals surface area contributed by atoms with Gasteiger partial charge in [0.05, 0.1) is 5.69 Å². The second-order valence-corrected chi connectivity index (χ2v) is 4.56. The van der Waals surface area contributed by atoms with Crippen LogP contribution >= 0.6 is 0 Å². The molecule has 3 N–H and O–H groups in total. The number of aromatic nitrogens is 2. The molecule has 2 rings (SSSR count). The molecule has 4 heteroatoms. The predicted molar refractivity (Wildman–Crippen MR) is 61.9 cm³/mol. The molecule has 1 aliphatic rings. The van der Waals surface area contributed by atoms with Crippen LogP contribution in [-0.4, -0.2) is 22.9 Å². The predicted octanol–water partition coefficient (Wildman–Crippen LogP) is 1.51. The fraction of sp³-hybridized carbons (Fsp3) is 0.727. The average Bonchev–Trinajstić information content (AvgIpc) is 2.62. The summed E-state index contributed by atoms with van der Waals surface area (Å²) < 4.78 is 1.91. The van der Waals surface area contributed by atoms with Gasteiger partial charge in [0, 0.05) is 18.0 Å². The van der Waals surface area contributed by atoms with Crippen LogP contribution in [-0.2, 0) is 0 Å². The molecule has 2 heterocycles. The van der Waals surface area contributed by atoms with Gasteiger partial charge in [-0.05, 0) is 39.8 Å². The first-order valence-corrected chi connectivity index (χ1v) is 5.74. The Labute approximate surface area is 90.8 Å². The summed E-state index contributed by atoms with van der Waals surface area (Å²) in [7, 11) is 0. The number of rotatable bonds is 2. The van der Waals surface area contributed by atoms with Gasteiger partial charge in [-0.3, -0.25) is 0 Å². The van der Waals surface area contributed by atoms with Crippen LogP contribution < -0.4 is 11.1 Å². The molecule has 1 saturated heterocycles. The lowest BCUT2D eigenvalue weighted by atomic mass is 9.95. The van der Waals surface area contributed by atoms with Gasteiger partial charge in [-0.25, -0.2) is 4.68 Å². The number of anilines is 1. The quantitative estimate of drug-likeness (QED) is 0.774. The fourth-order valence-electron chi connectivity index (χ4n) is 2.16. The zero-order valence-corrected chi connectivity index (χ0v) is 9.53. The van der Waals surface area contributed by atoms with Gasteiger partial charge < -0.3 is 11.1 Å².